The number of carbonyl (C=O) groups is 2. The average molecular weight is 342 g/mol. The summed E-state index contributed by atoms with van der Waals surface area (Å²) in [4.78, 5) is 21.9. The first-order valence-corrected chi connectivity index (χ1v) is 8.12. The number of ketones is 1. The maximum Gasteiger partial charge on any atom is 0.377 e. The highest BCUT2D eigenvalue weighted by Gasteiger charge is 2.13. The topological polar surface area (TPSA) is 72.8 Å². The molecule has 3 aromatic rings. The third-order valence-corrected chi connectivity index (χ3v) is 4.31. The van der Waals surface area contributed by atoms with Crippen LogP contribution in [0.5, 0.6) is 11.5 Å². The van der Waals surface area contributed by atoms with Crippen molar-refractivity contribution in [3.8, 4) is 11.5 Å². The molecule has 0 aliphatic heterocycles. The fraction of sp³-hybridized carbons (Fsp3) is 0.111. The molecule has 5 nitrogen and oxygen atoms in total. The number of benzene rings is 2. The highest BCUT2D eigenvalue weighted by molar-refractivity contribution is 7.17. The summed E-state index contributed by atoms with van der Waals surface area (Å²) in [5.74, 6) is -1.02. The molecule has 0 unspecified atom stereocenters. The van der Waals surface area contributed by atoms with E-state index >= 15 is 0 Å². The lowest BCUT2D eigenvalue weighted by Crippen LogP contribution is -2.12. The van der Waals surface area contributed by atoms with Crippen LogP contribution in [0.25, 0.3) is 10.1 Å². The molecule has 0 saturated carbocycles. The van der Waals surface area contributed by atoms with Crippen molar-refractivity contribution in [3.05, 3.63) is 59.5 Å². The van der Waals surface area contributed by atoms with Gasteiger partial charge in [-0.3, -0.25) is 4.79 Å². The number of fused-ring (bicyclic) bond motifs is 1. The van der Waals surface area contributed by atoms with Gasteiger partial charge >= 0.3 is 5.97 Å². The van der Waals surface area contributed by atoms with E-state index in [2.05, 4.69) is 0 Å². The average Bonchev–Trinajstić information content (AvgIpc) is 3.02. The van der Waals surface area contributed by atoms with Crippen LogP contribution >= 0.6 is 11.3 Å². The van der Waals surface area contributed by atoms with Crippen molar-refractivity contribution < 1.29 is 24.2 Å². The third-order valence-electron chi connectivity index (χ3n) is 3.37. The van der Waals surface area contributed by atoms with Crippen molar-refractivity contribution in [1.29, 1.82) is 0 Å². The van der Waals surface area contributed by atoms with E-state index in [1.165, 1.54) is 16.8 Å². The number of hydrogen-bond donors (Lipinski definition) is 1. The van der Waals surface area contributed by atoms with Crippen molar-refractivity contribution in [1.82, 2.24) is 0 Å². The summed E-state index contributed by atoms with van der Waals surface area (Å²) in [6, 6.07) is 14.0. The van der Waals surface area contributed by atoms with Crippen LogP contribution in [-0.2, 0) is 4.79 Å². The van der Waals surface area contributed by atoms with Crippen molar-refractivity contribution in [2.45, 2.75) is 0 Å². The van der Waals surface area contributed by atoms with Gasteiger partial charge in [0.1, 0.15) is 24.7 Å². The zero-order valence-electron chi connectivity index (χ0n) is 12.6. The number of hydrogen-bond acceptors (Lipinski definition) is 5. The van der Waals surface area contributed by atoms with Gasteiger partial charge in [0.15, 0.2) is 0 Å². The number of carbonyl (C=O) groups excluding carboxylic acids is 1. The Labute approximate surface area is 142 Å². The molecule has 6 heteroatoms. The van der Waals surface area contributed by atoms with Gasteiger partial charge < -0.3 is 14.6 Å². The number of aliphatic carboxylic acids is 1. The summed E-state index contributed by atoms with van der Waals surface area (Å²) in [6.07, 6.45) is 0. The van der Waals surface area contributed by atoms with Crippen LogP contribution in [0, 0.1) is 0 Å². The molecular weight excluding hydrogens is 328 g/mol. The Hall–Kier alpha value is -2.86. The molecule has 1 N–H and O–H groups in total. The maximum atomic E-state index is 11.3. The second-order valence-electron chi connectivity index (χ2n) is 4.95. The Bertz CT molecular complexity index is 867. The van der Waals surface area contributed by atoms with Gasteiger partial charge in [0, 0.05) is 21.0 Å². The number of thiophene rings is 1. The van der Waals surface area contributed by atoms with Gasteiger partial charge in [-0.25, -0.2) is 4.79 Å². The largest absolute Gasteiger partial charge is 0.490 e. The Morgan fingerprint density at radius 1 is 0.958 bits per heavy atom. The molecule has 0 bridgehead atoms. The molecule has 24 heavy (non-hydrogen) atoms. The summed E-state index contributed by atoms with van der Waals surface area (Å²) in [6.45, 7) is 0.729. The molecule has 0 fully saturated rings. The number of Topliss-reactive ketones (excluding diaryl/α,β-unsaturated/α-hetero) is 1. The van der Waals surface area contributed by atoms with Crippen LogP contribution in [0.15, 0.2) is 53.9 Å². The minimum absolute atomic E-state index is 0.121. The van der Waals surface area contributed by atoms with E-state index in [0.29, 0.717) is 19.0 Å². The Morgan fingerprint density at radius 2 is 1.67 bits per heavy atom. The fourth-order valence-electron chi connectivity index (χ4n) is 2.20. The molecule has 122 valence electrons. The molecule has 1 aromatic heterocycles. The highest BCUT2D eigenvalue weighted by atomic mass is 32.1. The number of carboxylic acids is 1. The second kappa shape index (κ2) is 7.14. The van der Waals surface area contributed by atoms with Gasteiger partial charge in [-0.2, -0.15) is 0 Å². The van der Waals surface area contributed by atoms with Gasteiger partial charge in [-0.15, -0.1) is 11.3 Å². The SMILES string of the molecule is O=C(O)C(=O)c1ccc(OCCOc2csc3ccccc23)cc1. The monoisotopic (exact) mass is 342 g/mol. The van der Waals surface area contributed by atoms with E-state index in [1.807, 2.05) is 29.6 Å². The predicted molar refractivity (Wildman–Crippen MR) is 91.2 cm³/mol. The van der Waals surface area contributed by atoms with Crippen LogP contribution in [0.4, 0.5) is 0 Å². The van der Waals surface area contributed by atoms with E-state index in [4.69, 9.17) is 14.6 Å². The minimum Gasteiger partial charge on any atom is -0.490 e. The zero-order valence-corrected chi connectivity index (χ0v) is 13.4. The summed E-state index contributed by atoms with van der Waals surface area (Å²) < 4.78 is 12.4. The lowest BCUT2D eigenvalue weighted by Gasteiger charge is -2.08. The van der Waals surface area contributed by atoms with Crippen LogP contribution in [0.3, 0.4) is 0 Å². The molecule has 1 heterocycles. The van der Waals surface area contributed by atoms with Crippen LogP contribution in [0.2, 0.25) is 0 Å². The van der Waals surface area contributed by atoms with E-state index in [9.17, 15) is 9.59 Å². The Kier molecular flexibility index (Phi) is 4.77. The first-order chi connectivity index (χ1) is 11.6. The highest BCUT2D eigenvalue weighted by Crippen LogP contribution is 2.31. The maximum absolute atomic E-state index is 11.3. The van der Waals surface area contributed by atoms with Crippen molar-refractivity contribution >= 4 is 33.2 Å². The minimum atomic E-state index is -1.47. The van der Waals surface area contributed by atoms with E-state index < -0.39 is 11.8 Å². The standard InChI is InChI=1S/C18H14O5S/c19-17(18(20)21)12-5-7-13(8-6-12)22-9-10-23-15-11-24-16-4-2-1-3-14(15)16/h1-8,11H,9-10H2,(H,20,21). The predicted octanol–water partition coefficient (Wildman–Crippen LogP) is 3.63. The van der Waals surface area contributed by atoms with E-state index in [1.54, 1.807) is 23.5 Å². The Balaban J connectivity index is 1.51. The molecule has 0 spiro atoms. The van der Waals surface area contributed by atoms with Crippen molar-refractivity contribution in [2.75, 3.05) is 13.2 Å². The summed E-state index contributed by atoms with van der Waals surface area (Å²) in [5, 5.41) is 11.7. The molecule has 0 aliphatic rings. The quantitative estimate of drug-likeness (QED) is 0.403. The number of rotatable bonds is 7. The van der Waals surface area contributed by atoms with Gasteiger partial charge in [0.05, 0.1) is 0 Å². The molecule has 2 aromatic carbocycles. The van der Waals surface area contributed by atoms with Crippen LogP contribution < -0.4 is 9.47 Å². The first kappa shape index (κ1) is 16.0. The van der Waals surface area contributed by atoms with E-state index in [-0.39, 0.29) is 5.56 Å². The van der Waals surface area contributed by atoms with Gasteiger partial charge in [0.25, 0.3) is 5.78 Å². The van der Waals surface area contributed by atoms with Gasteiger partial charge in [0.2, 0.25) is 0 Å². The molecule has 0 atom stereocenters. The molecule has 3 rings (SSSR count). The molecule has 0 aliphatic carbocycles. The normalized spacial score (nSPS) is 10.5. The van der Waals surface area contributed by atoms with Crippen LogP contribution in [-0.4, -0.2) is 30.1 Å². The van der Waals surface area contributed by atoms with E-state index in [0.717, 1.165) is 11.1 Å². The smallest absolute Gasteiger partial charge is 0.377 e. The summed E-state index contributed by atoms with van der Waals surface area (Å²) in [5.41, 5.74) is 0.121. The molecule has 0 saturated heterocycles. The van der Waals surface area contributed by atoms with Gasteiger partial charge in [-0.1, -0.05) is 12.1 Å². The number of ether oxygens (including phenoxy) is 2. The molecule has 0 radical (unpaired) electrons. The van der Waals surface area contributed by atoms with Gasteiger partial charge in [-0.05, 0) is 36.4 Å². The fourth-order valence-corrected chi connectivity index (χ4v) is 3.08. The summed E-state index contributed by atoms with van der Waals surface area (Å²) >= 11 is 1.63. The van der Waals surface area contributed by atoms with Crippen molar-refractivity contribution in [3.63, 3.8) is 0 Å². The second-order valence-corrected chi connectivity index (χ2v) is 5.86. The lowest BCUT2D eigenvalue weighted by atomic mass is 10.1. The summed E-state index contributed by atoms with van der Waals surface area (Å²) in [7, 11) is 0. The molecular formula is C18H14O5S. The Morgan fingerprint density at radius 3 is 2.42 bits per heavy atom. The van der Waals surface area contributed by atoms with Crippen molar-refractivity contribution in [2.24, 2.45) is 0 Å². The third kappa shape index (κ3) is 3.55. The zero-order chi connectivity index (χ0) is 16.9. The van der Waals surface area contributed by atoms with Crippen LogP contribution in [0.1, 0.15) is 10.4 Å². The number of carboxylic acid groups (broad SMARTS) is 1. The lowest BCUT2D eigenvalue weighted by molar-refractivity contribution is -0.131. The molecule has 0 amide bonds. The first-order valence-electron chi connectivity index (χ1n) is 7.24.